The number of pyridine rings is 1. The van der Waals surface area contributed by atoms with Gasteiger partial charge in [-0.15, -0.1) is 0 Å². The quantitative estimate of drug-likeness (QED) is 0.407. The van der Waals surface area contributed by atoms with E-state index in [1.165, 1.54) is 0 Å². The molecule has 5 rings (SSSR count). The second-order valence-corrected chi connectivity index (χ2v) is 6.78. The molecule has 0 radical (unpaired) electrons. The molecule has 0 fully saturated rings. The van der Waals surface area contributed by atoms with E-state index in [0.717, 1.165) is 38.6 Å². The van der Waals surface area contributed by atoms with Crippen LogP contribution in [0.4, 0.5) is 0 Å². The molecule has 0 aliphatic carbocycles. The third-order valence-electron chi connectivity index (χ3n) is 5.16. The summed E-state index contributed by atoms with van der Waals surface area (Å²) < 4.78 is 2.19. The van der Waals surface area contributed by atoms with Crippen molar-refractivity contribution in [1.29, 1.82) is 10.5 Å². The zero-order chi connectivity index (χ0) is 19.8. The first kappa shape index (κ1) is 16.7. The van der Waals surface area contributed by atoms with Crippen molar-refractivity contribution in [2.75, 3.05) is 0 Å². The summed E-state index contributed by atoms with van der Waals surface area (Å²) in [7, 11) is 0. The van der Waals surface area contributed by atoms with Gasteiger partial charge >= 0.3 is 0 Å². The van der Waals surface area contributed by atoms with Gasteiger partial charge in [0.15, 0.2) is 0 Å². The summed E-state index contributed by atoms with van der Waals surface area (Å²) in [5.41, 5.74) is 6.08. The summed E-state index contributed by atoms with van der Waals surface area (Å²) >= 11 is 0. The number of hydrogen-bond donors (Lipinski definition) is 0. The minimum absolute atomic E-state index is 0.595. The van der Waals surface area contributed by atoms with E-state index in [1.807, 2.05) is 42.5 Å². The standard InChI is InChI=1S/C25H14N4/c26-14-17-8-9-25-22(12-17)21-6-1-2-7-24(21)29(25)20-5-3-4-18(13-20)23-16-28-11-10-19(23)15-27/h1-13,16H. The van der Waals surface area contributed by atoms with Gasteiger partial charge in [-0.25, -0.2) is 0 Å². The second kappa shape index (κ2) is 6.64. The molecule has 2 aromatic heterocycles. The lowest BCUT2D eigenvalue weighted by Gasteiger charge is -2.11. The highest BCUT2D eigenvalue weighted by molar-refractivity contribution is 6.09. The van der Waals surface area contributed by atoms with Crippen molar-refractivity contribution in [3.05, 3.63) is 96.3 Å². The molecular formula is C25H14N4. The largest absolute Gasteiger partial charge is 0.309 e. The summed E-state index contributed by atoms with van der Waals surface area (Å²) in [5, 5.41) is 20.9. The normalized spacial score (nSPS) is 10.7. The van der Waals surface area contributed by atoms with Gasteiger partial charge in [0.25, 0.3) is 0 Å². The zero-order valence-electron chi connectivity index (χ0n) is 15.4. The van der Waals surface area contributed by atoms with E-state index in [4.69, 9.17) is 0 Å². The molecule has 2 heterocycles. The van der Waals surface area contributed by atoms with Crippen molar-refractivity contribution in [2.24, 2.45) is 0 Å². The number of fused-ring (bicyclic) bond motifs is 3. The number of aromatic nitrogens is 2. The average Bonchev–Trinajstić information content (AvgIpc) is 3.12. The highest BCUT2D eigenvalue weighted by Gasteiger charge is 2.13. The Bertz CT molecular complexity index is 1480. The fourth-order valence-corrected chi connectivity index (χ4v) is 3.86. The number of nitrogens with zero attached hydrogens (tertiary/aromatic N) is 4. The third-order valence-corrected chi connectivity index (χ3v) is 5.16. The number of nitriles is 2. The van der Waals surface area contributed by atoms with Crippen molar-refractivity contribution < 1.29 is 0 Å². The molecule has 0 spiro atoms. The Balaban J connectivity index is 1.81. The SMILES string of the molecule is N#Cc1ccc2c(c1)c1ccccc1n2-c1cccc(-c2cnccc2C#N)c1. The van der Waals surface area contributed by atoms with Crippen LogP contribution >= 0.6 is 0 Å². The van der Waals surface area contributed by atoms with Crippen LogP contribution in [0.25, 0.3) is 38.6 Å². The van der Waals surface area contributed by atoms with E-state index in [0.29, 0.717) is 11.1 Å². The van der Waals surface area contributed by atoms with Gasteiger partial charge in [-0.1, -0.05) is 30.3 Å². The first-order valence-corrected chi connectivity index (χ1v) is 9.18. The molecular weight excluding hydrogens is 356 g/mol. The summed E-state index contributed by atoms with van der Waals surface area (Å²) in [6.45, 7) is 0. The van der Waals surface area contributed by atoms with Crippen LogP contribution in [-0.4, -0.2) is 9.55 Å². The summed E-state index contributed by atoms with van der Waals surface area (Å²) in [6.07, 6.45) is 3.36. The molecule has 0 saturated carbocycles. The van der Waals surface area contributed by atoms with E-state index in [2.05, 4.69) is 46.0 Å². The van der Waals surface area contributed by atoms with Crippen molar-refractivity contribution in [3.8, 4) is 29.0 Å². The van der Waals surface area contributed by atoms with Crippen molar-refractivity contribution in [1.82, 2.24) is 9.55 Å². The Morgan fingerprint density at radius 2 is 1.62 bits per heavy atom. The van der Waals surface area contributed by atoms with Crippen LogP contribution in [0.5, 0.6) is 0 Å². The first-order chi connectivity index (χ1) is 14.3. The van der Waals surface area contributed by atoms with Gasteiger partial charge in [0, 0.05) is 34.4 Å². The lowest BCUT2D eigenvalue weighted by atomic mass is 10.0. The molecule has 0 aliphatic rings. The molecule has 0 atom stereocenters. The Labute approximate surface area is 167 Å². The average molecular weight is 370 g/mol. The highest BCUT2D eigenvalue weighted by atomic mass is 15.0. The Morgan fingerprint density at radius 3 is 2.48 bits per heavy atom. The van der Waals surface area contributed by atoms with Gasteiger partial charge < -0.3 is 4.57 Å². The molecule has 0 amide bonds. The maximum absolute atomic E-state index is 9.46. The van der Waals surface area contributed by atoms with Crippen LogP contribution in [0, 0.1) is 22.7 Å². The van der Waals surface area contributed by atoms with E-state index in [-0.39, 0.29) is 0 Å². The molecule has 0 N–H and O–H groups in total. The number of rotatable bonds is 2. The second-order valence-electron chi connectivity index (χ2n) is 6.78. The van der Waals surface area contributed by atoms with Crippen LogP contribution in [-0.2, 0) is 0 Å². The lowest BCUT2D eigenvalue weighted by Crippen LogP contribution is -1.95. The van der Waals surface area contributed by atoms with E-state index in [9.17, 15) is 10.5 Å². The summed E-state index contributed by atoms with van der Waals surface area (Å²) in [5.74, 6) is 0. The third kappa shape index (κ3) is 2.64. The summed E-state index contributed by atoms with van der Waals surface area (Å²) in [4.78, 5) is 4.19. The highest BCUT2D eigenvalue weighted by Crippen LogP contribution is 2.34. The molecule has 134 valence electrons. The monoisotopic (exact) mass is 370 g/mol. The van der Waals surface area contributed by atoms with Gasteiger partial charge in [-0.05, 0) is 48.0 Å². The Morgan fingerprint density at radius 1 is 0.759 bits per heavy atom. The topological polar surface area (TPSA) is 65.4 Å². The predicted octanol–water partition coefficient (Wildman–Crippen LogP) is 5.59. The number of hydrogen-bond acceptors (Lipinski definition) is 3. The Hall–Kier alpha value is -4.41. The molecule has 29 heavy (non-hydrogen) atoms. The van der Waals surface area contributed by atoms with Crippen LogP contribution in [0.1, 0.15) is 11.1 Å². The van der Waals surface area contributed by atoms with Crippen LogP contribution in [0.3, 0.4) is 0 Å². The number of para-hydroxylation sites is 1. The van der Waals surface area contributed by atoms with Crippen molar-refractivity contribution in [3.63, 3.8) is 0 Å². The first-order valence-electron chi connectivity index (χ1n) is 9.18. The van der Waals surface area contributed by atoms with E-state index in [1.54, 1.807) is 18.5 Å². The molecule has 4 heteroatoms. The molecule has 3 aromatic carbocycles. The lowest BCUT2D eigenvalue weighted by molar-refractivity contribution is 1.18. The van der Waals surface area contributed by atoms with Crippen molar-refractivity contribution in [2.45, 2.75) is 0 Å². The molecule has 0 aliphatic heterocycles. The molecule has 4 nitrogen and oxygen atoms in total. The van der Waals surface area contributed by atoms with Gasteiger partial charge in [0.2, 0.25) is 0 Å². The van der Waals surface area contributed by atoms with E-state index >= 15 is 0 Å². The maximum Gasteiger partial charge on any atom is 0.0999 e. The Kier molecular flexibility index (Phi) is 3.83. The molecule has 0 bridgehead atoms. The van der Waals surface area contributed by atoms with Gasteiger partial charge in [-0.3, -0.25) is 4.98 Å². The zero-order valence-corrected chi connectivity index (χ0v) is 15.4. The van der Waals surface area contributed by atoms with Crippen LogP contribution in [0.15, 0.2) is 85.2 Å². The van der Waals surface area contributed by atoms with Gasteiger partial charge in [0.05, 0.1) is 34.3 Å². The summed E-state index contributed by atoms with van der Waals surface area (Å²) in [6, 6.07) is 28.3. The predicted molar refractivity (Wildman–Crippen MR) is 113 cm³/mol. The van der Waals surface area contributed by atoms with Crippen LogP contribution in [0.2, 0.25) is 0 Å². The number of benzene rings is 3. The van der Waals surface area contributed by atoms with Crippen molar-refractivity contribution >= 4 is 21.8 Å². The minimum atomic E-state index is 0.595. The van der Waals surface area contributed by atoms with Gasteiger partial charge in [0.1, 0.15) is 0 Å². The maximum atomic E-state index is 9.46. The van der Waals surface area contributed by atoms with E-state index < -0.39 is 0 Å². The smallest absolute Gasteiger partial charge is 0.0999 e. The molecule has 5 aromatic rings. The minimum Gasteiger partial charge on any atom is -0.309 e. The van der Waals surface area contributed by atoms with Gasteiger partial charge in [-0.2, -0.15) is 10.5 Å². The fourth-order valence-electron chi connectivity index (χ4n) is 3.86. The molecule has 0 saturated heterocycles. The van der Waals surface area contributed by atoms with Crippen LogP contribution < -0.4 is 0 Å². The fraction of sp³-hybridized carbons (Fsp3) is 0. The molecule has 0 unspecified atom stereocenters.